The summed E-state index contributed by atoms with van der Waals surface area (Å²) in [5.41, 5.74) is -0.222. The zero-order valence-electron chi connectivity index (χ0n) is 9.87. The average molecular weight is 278 g/mol. The van der Waals surface area contributed by atoms with E-state index in [1.165, 1.54) is 0 Å². The van der Waals surface area contributed by atoms with Gasteiger partial charge in [-0.3, -0.25) is 0 Å². The Morgan fingerprint density at radius 3 is 2.59 bits per heavy atom. The van der Waals surface area contributed by atoms with Crippen molar-refractivity contribution < 1.29 is 10.2 Å². The molecule has 0 aliphatic heterocycles. The third-order valence-corrected chi connectivity index (χ3v) is 2.79. The lowest BCUT2D eigenvalue weighted by molar-refractivity contribution is 0.0740. The molecular weight excluding hydrogens is 261 g/mol. The maximum absolute atomic E-state index is 9.94. The van der Waals surface area contributed by atoms with Crippen molar-refractivity contribution in [3.05, 3.63) is 33.8 Å². The van der Waals surface area contributed by atoms with E-state index in [-0.39, 0.29) is 0 Å². The van der Waals surface area contributed by atoms with Crippen LogP contribution in [0.4, 0.5) is 0 Å². The first-order valence-corrected chi connectivity index (χ1v) is 6.11. The Hall–Kier alpha value is -0.320. The molecular formula is C12H17Cl2NO2. The molecule has 0 aromatic heterocycles. The number of hydrogen-bond donors (Lipinski definition) is 3. The van der Waals surface area contributed by atoms with Crippen LogP contribution in [0.5, 0.6) is 0 Å². The Labute approximate surface area is 111 Å². The summed E-state index contributed by atoms with van der Waals surface area (Å²) in [6, 6.07) is 4.96. The number of hydrogen-bond acceptors (Lipinski definition) is 3. The smallest absolute Gasteiger partial charge is 0.0929 e. The molecule has 0 aliphatic carbocycles. The minimum absolute atomic E-state index is 0.310. The van der Waals surface area contributed by atoms with Gasteiger partial charge in [-0.05, 0) is 32.0 Å². The topological polar surface area (TPSA) is 52.5 Å². The van der Waals surface area contributed by atoms with E-state index in [9.17, 15) is 10.2 Å². The third kappa shape index (κ3) is 5.23. The van der Waals surface area contributed by atoms with Gasteiger partial charge in [-0.15, -0.1) is 0 Å². The summed E-state index contributed by atoms with van der Waals surface area (Å²) in [6.07, 6.45) is -0.747. The van der Waals surface area contributed by atoms with E-state index in [1.54, 1.807) is 32.0 Å². The lowest BCUT2D eigenvalue weighted by Gasteiger charge is -2.20. The van der Waals surface area contributed by atoms with Crippen molar-refractivity contribution in [2.45, 2.75) is 25.6 Å². The molecule has 3 nitrogen and oxygen atoms in total. The van der Waals surface area contributed by atoms with Gasteiger partial charge < -0.3 is 15.5 Å². The summed E-state index contributed by atoms with van der Waals surface area (Å²) >= 11 is 11.8. The fourth-order valence-electron chi connectivity index (χ4n) is 1.39. The van der Waals surface area contributed by atoms with Crippen LogP contribution in [0.2, 0.25) is 10.0 Å². The number of nitrogens with one attached hydrogen (secondary N) is 1. The lowest BCUT2D eigenvalue weighted by Crippen LogP contribution is -2.36. The molecule has 0 amide bonds. The standard InChI is InChI=1S/C12H17Cl2NO2/c1-12(2,17)7-15-6-11(16)9-5-8(13)3-4-10(9)14/h3-5,11,15-17H,6-7H2,1-2H3. The summed E-state index contributed by atoms with van der Waals surface area (Å²) in [6.45, 7) is 4.09. The fraction of sp³-hybridized carbons (Fsp3) is 0.500. The molecule has 1 unspecified atom stereocenters. The molecule has 1 aromatic carbocycles. The Kier molecular flexibility index (Phi) is 5.22. The molecule has 0 bridgehead atoms. The Morgan fingerprint density at radius 2 is 2.00 bits per heavy atom. The van der Waals surface area contributed by atoms with Gasteiger partial charge in [0.2, 0.25) is 0 Å². The Morgan fingerprint density at radius 1 is 1.35 bits per heavy atom. The first-order valence-electron chi connectivity index (χ1n) is 5.36. The van der Waals surface area contributed by atoms with E-state index in [1.807, 2.05) is 0 Å². The molecule has 0 fully saturated rings. The van der Waals surface area contributed by atoms with E-state index in [4.69, 9.17) is 23.2 Å². The highest BCUT2D eigenvalue weighted by Crippen LogP contribution is 2.25. The van der Waals surface area contributed by atoms with Gasteiger partial charge in [-0.2, -0.15) is 0 Å². The number of aliphatic hydroxyl groups excluding tert-OH is 1. The lowest BCUT2D eigenvalue weighted by atomic mass is 10.1. The van der Waals surface area contributed by atoms with E-state index in [0.29, 0.717) is 28.7 Å². The molecule has 17 heavy (non-hydrogen) atoms. The molecule has 0 aliphatic rings. The third-order valence-electron chi connectivity index (χ3n) is 2.21. The largest absolute Gasteiger partial charge is 0.389 e. The average Bonchev–Trinajstić information content (AvgIpc) is 2.19. The predicted octanol–water partition coefficient (Wildman–Crippen LogP) is 2.39. The van der Waals surface area contributed by atoms with Crippen molar-refractivity contribution >= 4 is 23.2 Å². The van der Waals surface area contributed by atoms with Crippen LogP contribution in [0.15, 0.2) is 18.2 Å². The van der Waals surface area contributed by atoms with Crippen LogP contribution in [0.3, 0.4) is 0 Å². The highest BCUT2D eigenvalue weighted by atomic mass is 35.5. The molecule has 1 rings (SSSR count). The summed E-state index contributed by atoms with van der Waals surface area (Å²) < 4.78 is 0. The van der Waals surface area contributed by atoms with Gasteiger partial charge in [0.1, 0.15) is 0 Å². The summed E-state index contributed by atoms with van der Waals surface area (Å²) in [7, 11) is 0. The Balaban J connectivity index is 2.58. The van der Waals surface area contributed by atoms with Crippen LogP contribution in [-0.4, -0.2) is 28.9 Å². The second-order valence-electron chi connectivity index (χ2n) is 4.62. The minimum Gasteiger partial charge on any atom is -0.389 e. The second-order valence-corrected chi connectivity index (χ2v) is 5.47. The zero-order valence-corrected chi connectivity index (χ0v) is 11.4. The van der Waals surface area contributed by atoms with Gasteiger partial charge in [0, 0.05) is 28.7 Å². The molecule has 1 atom stereocenters. The van der Waals surface area contributed by atoms with Crippen LogP contribution in [-0.2, 0) is 0 Å². The molecule has 0 saturated carbocycles. The summed E-state index contributed by atoms with van der Waals surface area (Å²) in [5.74, 6) is 0. The predicted molar refractivity (Wildman–Crippen MR) is 70.6 cm³/mol. The zero-order chi connectivity index (χ0) is 13.1. The molecule has 96 valence electrons. The molecule has 3 N–H and O–H groups in total. The van der Waals surface area contributed by atoms with Crippen molar-refractivity contribution in [3.63, 3.8) is 0 Å². The summed E-state index contributed by atoms with van der Waals surface area (Å²) in [5, 5.41) is 23.4. The number of aliphatic hydroxyl groups is 2. The van der Waals surface area contributed by atoms with Gasteiger partial charge in [0.25, 0.3) is 0 Å². The highest BCUT2D eigenvalue weighted by Gasteiger charge is 2.15. The van der Waals surface area contributed by atoms with Crippen LogP contribution < -0.4 is 5.32 Å². The highest BCUT2D eigenvalue weighted by molar-refractivity contribution is 6.33. The monoisotopic (exact) mass is 277 g/mol. The first kappa shape index (κ1) is 14.7. The SMILES string of the molecule is CC(C)(O)CNCC(O)c1cc(Cl)ccc1Cl. The minimum atomic E-state index is -0.808. The van der Waals surface area contributed by atoms with Crippen molar-refractivity contribution in [1.29, 1.82) is 0 Å². The molecule has 5 heteroatoms. The normalized spacial score (nSPS) is 13.8. The molecule has 0 saturated heterocycles. The van der Waals surface area contributed by atoms with Gasteiger partial charge in [-0.25, -0.2) is 0 Å². The van der Waals surface area contributed by atoms with Crippen molar-refractivity contribution in [2.75, 3.05) is 13.1 Å². The van der Waals surface area contributed by atoms with Crippen molar-refractivity contribution in [2.24, 2.45) is 0 Å². The van der Waals surface area contributed by atoms with E-state index in [2.05, 4.69) is 5.32 Å². The second kappa shape index (κ2) is 6.03. The number of rotatable bonds is 5. The quantitative estimate of drug-likeness (QED) is 0.775. The van der Waals surface area contributed by atoms with E-state index >= 15 is 0 Å². The van der Waals surface area contributed by atoms with Gasteiger partial charge in [0.15, 0.2) is 0 Å². The van der Waals surface area contributed by atoms with Crippen LogP contribution in [0, 0.1) is 0 Å². The fourth-order valence-corrected chi connectivity index (χ4v) is 1.82. The van der Waals surface area contributed by atoms with Crippen LogP contribution >= 0.6 is 23.2 Å². The Bertz CT molecular complexity index is 377. The van der Waals surface area contributed by atoms with Crippen LogP contribution in [0.1, 0.15) is 25.5 Å². The van der Waals surface area contributed by atoms with Gasteiger partial charge >= 0.3 is 0 Å². The molecule has 0 spiro atoms. The van der Waals surface area contributed by atoms with Crippen molar-refractivity contribution in [3.8, 4) is 0 Å². The molecule has 0 heterocycles. The van der Waals surface area contributed by atoms with E-state index in [0.717, 1.165) is 0 Å². The van der Waals surface area contributed by atoms with Crippen molar-refractivity contribution in [1.82, 2.24) is 5.32 Å². The molecule has 1 aromatic rings. The molecule has 0 radical (unpaired) electrons. The number of halogens is 2. The van der Waals surface area contributed by atoms with Gasteiger partial charge in [-0.1, -0.05) is 23.2 Å². The maximum atomic E-state index is 9.94. The number of benzene rings is 1. The maximum Gasteiger partial charge on any atom is 0.0929 e. The van der Waals surface area contributed by atoms with Crippen LogP contribution in [0.25, 0.3) is 0 Å². The van der Waals surface area contributed by atoms with Gasteiger partial charge in [0.05, 0.1) is 11.7 Å². The van der Waals surface area contributed by atoms with E-state index < -0.39 is 11.7 Å². The first-order chi connectivity index (χ1) is 7.79. The summed E-state index contributed by atoms with van der Waals surface area (Å²) in [4.78, 5) is 0.